The van der Waals surface area contributed by atoms with Gasteiger partial charge in [0.25, 0.3) is 0 Å². The van der Waals surface area contributed by atoms with Crippen LogP contribution in [0.2, 0.25) is 5.02 Å². The Balaban J connectivity index is 2.57. The molecule has 0 radical (unpaired) electrons. The first-order chi connectivity index (χ1) is 9.93. The van der Waals surface area contributed by atoms with E-state index in [2.05, 4.69) is 29.2 Å². The van der Waals surface area contributed by atoms with Gasteiger partial charge in [0, 0.05) is 12.5 Å². The second kappa shape index (κ2) is 8.64. The Hall–Kier alpha value is -1.59. The van der Waals surface area contributed by atoms with Crippen LogP contribution in [0, 0.1) is 0 Å². The maximum Gasteiger partial charge on any atom is 0.337 e. The van der Waals surface area contributed by atoms with Crippen LogP contribution in [0.3, 0.4) is 0 Å². The Bertz CT molecular complexity index is 504. The summed E-state index contributed by atoms with van der Waals surface area (Å²) in [6, 6.07) is 5.03. The molecule has 0 heterocycles. The summed E-state index contributed by atoms with van der Waals surface area (Å²) in [5.41, 5.74) is 0.764. The number of nitrogens with one attached hydrogen (secondary N) is 2. The lowest BCUT2D eigenvalue weighted by molar-refractivity contribution is -0.116. The van der Waals surface area contributed by atoms with E-state index in [1.54, 1.807) is 12.1 Å². The smallest absolute Gasteiger partial charge is 0.337 e. The summed E-state index contributed by atoms with van der Waals surface area (Å²) < 4.78 is 4.63. The third-order valence-electron chi connectivity index (χ3n) is 2.79. The van der Waals surface area contributed by atoms with Gasteiger partial charge in [-0.2, -0.15) is 0 Å². The molecule has 1 amide bonds. The minimum Gasteiger partial charge on any atom is -0.465 e. The monoisotopic (exact) mass is 312 g/mol. The molecule has 1 aromatic carbocycles. The number of amides is 1. The van der Waals surface area contributed by atoms with Crippen molar-refractivity contribution >= 4 is 29.2 Å². The first-order valence-electron chi connectivity index (χ1n) is 6.85. The number of methoxy groups -OCH3 is 1. The Morgan fingerprint density at radius 3 is 2.67 bits per heavy atom. The second-order valence-corrected chi connectivity index (χ2v) is 5.35. The van der Waals surface area contributed by atoms with Crippen LogP contribution in [0.5, 0.6) is 0 Å². The van der Waals surface area contributed by atoms with Crippen LogP contribution in [-0.2, 0) is 9.53 Å². The molecule has 0 unspecified atom stereocenters. The van der Waals surface area contributed by atoms with E-state index in [-0.39, 0.29) is 5.91 Å². The largest absolute Gasteiger partial charge is 0.465 e. The number of hydrogen-bond acceptors (Lipinski definition) is 4. The normalized spacial score (nSPS) is 10.5. The van der Waals surface area contributed by atoms with Crippen molar-refractivity contribution in [1.82, 2.24) is 5.32 Å². The third kappa shape index (κ3) is 6.14. The third-order valence-corrected chi connectivity index (χ3v) is 3.12. The molecule has 0 saturated carbocycles. The summed E-state index contributed by atoms with van der Waals surface area (Å²) >= 11 is 6.01. The van der Waals surface area contributed by atoms with Crippen molar-refractivity contribution in [2.75, 3.05) is 19.0 Å². The zero-order chi connectivity index (χ0) is 15.8. The van der Waals surface area contributed by atoms with Crippen molar-refractivity contribution in [3.8, 4) is 0 Å². The van der Waals surface area contributed by atoms with Crippen LogP contribution in [0.4, 0.5) is 5.69 Å². The second-order valence-electron chi connectivity index (χ2n) is 4.95. The summed E-state index contributed by atoms with van der Waals surface area (Å²) in [7, 11) is 1.30. The van der Waals surface area contributed by atoms with Crippen molar-refractivity contribution in [1.29, 1.82) is 0 Å². The lowest BCUT2D eigenvalue weighted by Gasteiger charge is -2.10. The maximum absolute atomic E-state index is 11.8. The van der Waals surface area contributed by atoms with Crippen LogP contribution < -0.4 is 10.6 Å². The van der Waals surface area contributed by atoms with Gasteiger partial charge in [0.15, 0.2) is 0 Å². The maximum atomic E-state index is 11.8. The minimum absolute atomic E-state index is 0.135. The quantitative estimate of drug-likeness (QED) is 0.600. The Morgan fingerprint density at radius 1 is 1.33 bits per heavy atom. The summed E-state index contributed by atoms with van der Waals surface area (Å²) in [6.07, 6.45) is 1.12. The van der Waals surface area contributed by atoms with Gasteiger partial charge in [-0.15, -0.1) is 0 Å². The molecule has 5 nitrogen and oxygen atoms in total. The molecule has 116 valence electrons. The van der Waals surface area contributed by atoms with Crippen molar-refractivity contribution in [2.24, 2.45) is 0 Å². The van der Waals surface area contributed by atoms with Gasteiger partial charge in [0.1, 0.15) is 0 Å². The van der Waals surface area contributed by atoms with Gasteiger partial charge in [-0.25, -0.2) is 4.79 Å². The van der Waals surface area contributed by atoms with Crippen molar-refractivity contribution in [3.63, 3.8) is 0 Å². The minimum atomic E-state index is -0.469. The zero-order valence-corrected chi connectivity index (χ0v) is 13.3. The van der Waals surface area contributed by atoms with Gasteiger partial charge in [0.2, 0.25) is 5.91 Å². The first kappa shape index (κ1) is 17.5. The molecule has 0 bridgehead atoms. The molecule has 0 saturated heterocycles. The van der Waals surface area contributed by atoms with Crippen LogP contribution in [-0.4, -0.2) is 31.6 Å². The van der Waals surface area contributed by atoms with E-state index in [0.29, 0.717) is 28.7 Å². The highest BCUT2D eigenvalue weighted by Gasteiger charge is 2.11. The van der Waals surface area contributed by atoms with Gasteiger partial charge in [-0.3, -0.25) is 4.79 Å². The average Bonchev–Trinajstić information content (AvgIpc) is 2.45. The lowest BCUT2D eigenvalue weighted by Crippen LogP contribution is -2.24. The molecule has 0 aliphatic heterocycles. The predicted molar refractivity (Wildman–Crippen MR) is 83.8 cm³/mol. The molecule has 0 atom stereocenters. The molecule has 0 spiro atoms. The fourth-order valence-corrected chi connectivity index (χ4v) is 1.88. The molecule has 0 aliphatic carbocycles. The Morgan fingerprint density at radius 2 is 2.05 bits per heavy atom. The Kier molecular flexibility index (Phi) is 7.19. The van der Waals surface area contributed by atoms with E-state index < -0.39 is 5.97 Å². The summed E-state index contributed by atoms with van der Waals surface area (Å²) in [5.74, 6) is -0.604. The van der Waals surface area contributed by atoms with Gasteiger partial charge in [-0.1, -0.05) is 25.4 Å². The standard InChI is InChI=1S/C15H21ClN2O3/c1-10(2)17-8-4-5-14(19)18-13-9-11(15(20)21-3)6-7-12(13)16/h6-7,9-10,17H,4-5,8H2,1-3H3,(H,18,19). The van der Waals surface area contributed by atoms with Crippen molar-refractivity contribution in [2.45, 2.75) is 32.7 Å². The summed E-state index contributed by atoms with van der Waals surface area (Å²) in [4.78, 5) is 23.3. The van der Waals surface area contributed by atoms with Gasteiger partial charge in [-0.05, 0) is 31.2 Å². The topological polar surface area (TPSA) is 67.4 Å². The van der Waals surface area contributed by atoms with E-state index in [4.69, 9.17) is 11.6 Å². The molecular weight excluding hydrogens is 292 g/mol. The number of esters is 1. The molecule has 6 heteroatoms. The van der Waals surface area contributed by atoms with Crippen molar-refractivity contribution in [3.05, 3.63) is 28.8 Å². The van der Waals surface area contributed by atoms with Crippen LogP contribution in [0.1, 0.15) is 37.0 Å². The van der Waals surface area contributed by atoms with E-state index in [1.807, 2.05) is 0 Å². The molecule has 2 N–H and O–H groups in total. The number of benzene rings is 1. The number of halogens is 1. The lowest BCUT2D eigenvalue weighted by atomic mass is 10.2. The number of hydrogen-bond donors (Lipinski definition) is 2. The fourth-order valence-electron chi connectivity index (χ4n) is 1.72. The first-order valence-corrected chi connectivity index (χ1v) is 7.23. The number of ether oxygens (including phenoxy) is 1. The van der Waals surface area contributed by atoms with Gasteiger partial charge in [0.05, 0.1) is 23.4 Å². The van der Waals surface area contributed by atoms with Crippen molar-refractivity contribution < 1.29 is 14.3 Å². The van der Waals surface area contributed by atoms with E-state index >= 15 is 0 Å². The summed E-state index contributed by atoms with van der Waals surface area (Å²) in [6.45, 7) is 4.89. The average molecular weight is 313 g/mol. The highest BCUT2D eigenvalue weighted by atomic mass is 35.5. The molecule has 0 aliphatic rings. The van der Waals surface area contributed by atoms with E-state index in [9.17, 15) is 9.59 Å². The van der Waals surface area contributed by atoms with E-state index in [0.717, 1.165) is 13.0 Å². The SMILES string of the molecule is COC(=O)c1ccc(Cl)c(NC(=O)CCCNC(C)C)c1. The van der Waals surface area contributed by atoms with Gasteiger partial charge >= 0.3 is 5.97 Å². The van der Waals surface area contributed by atoms with Crippen LogP contribution in [0.25, 0.3) is 0 Å². The number of rotatable bonds is 7. The molecule has 0 aromatic heterocycles. The highest BCUT2D eigenvalue weighted by molar-refractivity contribution is 6.33. The molecule has 1 rings (SSSR count). The number of carbonyl (C=O) groups is 2. The fraction of sp³-hybridized carbons (Fsp3) is 0.467. The highest BCUT2D eigenvalue weighted by Crippen LogP contribution is 2.23. The number of anilines is 1. The Labute approximate surface area is 130 Å². The van der Waals surface area contributed by atoms with Crippen LogP contribution in [0.15, 0.2) is 18.2 Å². The number of carbonyl (C=O) groups excluding carboxylic acids is 2. The van der Waals surface area contributed by atoms with E-state index in [1.165, 1.54) is 13.2 Å². The zero-order valence-electron chi connectivity index (χ0n) is 12.5. The molecule has 0 fully saturated rings. The molecular formula is C15H21ClN2O3. The predicted octanol–water partition coefficient (Wildman–Crippen LogP) is 2.84. The van der Waals surface area contributed by atoms with Crippen LogP contribution >= 0.6 is 11.6 Å². The molecule has 21 heavy (non-hydrogen) atoms. The molecule has 1 aromatic rings. The summed E-state index contributed by atoms with van der Waals surface area (Å²) in [5, 5.41) is 6.34. The van der Waals surface area contributed by atoms with Gasteiger partial charge < -0.3 is 15.4 Å².